The van der Waals surface area contributed by atoms with Gasteiger partial charge in [0.1, 0.15) is 137 Å². The number of halogens is 6. The lowest BCUT2D eigenvalue weighted by molar-refractivity contribution is 0.0221. The predicted octanol–water partition coefficient (Wildman–Crippen LogP) is 22.5. The zero-order chi connectivity index (χ0) is 104. The average molecular weight is 1750 g/mol. The molecule has 0 saturated carbocycles. The molecule has 23 nitrogen and oxygen atoms in total. The van der Waals surface area contributed by atoms with Crippen LogP contribution in [-0.2, 0) is 47.4 Å². The Hall–Kier alpha value is -12.9. The van der Waals surface area contributed by atoms with Gasteiger partial charge in [-0.2, -0.15) is 0 Å². The molecule has 6 N–H and O–H groups in total. The smallest absolute Gasteiger partial charge is 0.410 e. The molecule has 0 spiro atoms. The lowest BCUT2D eigenvalue weighted by Gasteiger charge is -2.26. The van der Waals surface area contributed by atoms with Crippen molar-refractivity contribution in [2.45, 2.75) is 85.8 Å². The van der Waals surface area contributed by atoms with Crippen LogP contribution in [0.1, 0.15) is 114 Å². The second-order valence-corrected chi connectivity index (χ2v) is 29.1. The fraction of sp³-hybridized carbons (Fsp3) is 0.196. The van der Waals surface area contributed by atoms with Crippen molar-refractivity contribution >= 4 is 124 Å². The van der Waals surface area contributed by atoms with Crippen molar-refractivity contribution in [3.8, 4) is 51.2 Å². The van der Waals surface area contributed by atoms with E-state index < -0.39 is 90.7 Å². The van der Waals surface area contributed by atoms with E-state index in [0.717, 1.165) is 19.2 Å². The lowest BCUT2D eigenvalue weighted by Crippen LogP contribution is -2.36. The molecule has 0 aliphatic rings. The number of aldehydes is 1. The summed E-state index contributed by atoms with van der Waals surface area (Å²) in [4.78, 5) is 50.6. The van der Waals surface area contributed by atoms with Crippen LogP contribution in [0, 0.1) is 17.5 Å². The number of sulfone groups is 1. The number of aromatic nitrogens is 6. The minimum absolute atomic E-state index is 0.0305. The monoisotopic (exact) mass is 1750 g/mol. The minimum atomic E-state index is -5.30. The Morgan fingerprint density at radius 1 is 0.533 bits per heavy atom. The van der Waals surface area contributed by atoms with Crippen molar-refractivity contribution in [2.75, 3.05) is 47.3 Å². The number of fused-ring (bicyclic) bond motifs is 3. The van der Waals surface area contributed by atoms with Crippen LogP contribution in [-0.4, -0.2) is 92.6 Å². The van der Waals surface area contributed by atoms with Gasteiger partial charge in [-0.3, -0.25) is 4.79 Å². The van der Waals surface area contributed by atoms with Crippen LogP contribution < -0.4 is 41.2 Å². The van der Waals surface area contributed by atoms with Gasteiger partial charge in [-0.15, -0.1) is 0 Å². The lowest BCUT2D eigenvalue weighted by atomic mass is 10.1. The van der Waals surface area contributed by atoms with E-state index in [1.807, 2.05) is 18.2 Å². The molecule has 122 heavy (non-hydrogen) atoms. The molecule has 628 valence electrons. The predicted molar refractivity (Wildman–Crippen MR) is 471 cm³/mol. The molecule has 0 unspecified atom stereocenters. The number of nitrogens with zero attached hydrogens (tertiary/aromatic N) is 7. The number of benzene rings is 9. The van der Waals surface area contributed by atoms with Gasteiger partial charge in [-0.1, -0.05) is 85.0 Å². The molecule has 0 aliphatic heterocycles. The first-order valence-corrected chi connectivity index (χ1v) is 39.0. The van der Waals surface area contributed by atoms with Crippen LogP contribution in [0.5, 0.6) is 17.2 Å². The normalized spacial score (nSPS) is 14.7. The number of furan rings is 3. The third-order valence-electron chi connectivity index (χ3n) is 16.7. The number of ether oxygens (including phenoxy) is 4. The SMILES string of the molecule is [2H]C(=O)c1ccc(-c2ccc3ncnc(Nc4ccc(OCc5cccc(F)c5)c(Cl)c4)c3c2)o1.[2H]C([2H])(N)C([2H])([2H])S(=O)(=O)C([2H])([2H])[2H].[2H]C([2H])(NC([2H])([2H])C([2H])([2H])C)c1ccc(-c2ccc3ncnc(Nc4ccc(OCc5cccc(F)c5)c(Cl)c4)c3c2)o1.[2H]C([2H])(c1ccc(-c2ccc3ncnc(Nc4ccc(OCc5cccc(F)c5)c(Cl)c4)c3c2)o1)N(C(=O)OC(C)(C)C)C([2H])([2H])C([2H])([2H])C. The molecule has 6 aromatic heterocycles. The summed E-state index contributed by atoms with van der Waals surface area (Å²) in [6.07, 6.45) is -6.71. The molecule has 9 aromatic carbocycles. The summed E-state index contributed by atoms with van der Waals surface area (Å²) in [5.41, 5.74) is 7.42. The van der Waals surface area contributed by atoms with Crippen LogP contribution >= 0.6 is 34.8 Å². The van der Waals surface area contributed by atoms with Crippen LogP contribution in [0.4, 0.5) is 52.5 Å². The van der Waals surface area contributed by atoms with Gasteiger partial charge in [-0.25, -0.2) is 56.3 Å². The second-order valence-electron chi connectivity index (χ2n) is 26.7. The van der Waals surface area contributed by atoms with Crippen molar-refractivity contribution in [2.24, 2.45) is 5.73 Å². The van der Waals surface area contributed by atoms with Gasteiger partial charge in [-0.05, 0) is 239 Å². The van der Waals surface area contributed by atoms with Crippen molar-refractivity contribution in [3.05, 3.63) is 304 Å². The summed E-state index contributed by atoms with van der Waals surface area (Å²) in [6, 6.07) is 58.4. The Morgan fingerprint density at radius 3 is 1.30 bits per heavy atom. The van der Waals surface area contributed by atoms with Gasteiger partial charge < -0.3 is 64.1 Å². The van der Waals surface area contributed by atoms with Gasteiger partial charge >= 0.3 is 6.09 Å². The molecule has 0 bridgehead atoms. The van der Waals surface area contributed by atoms with Crippen LogP contribution in [0.3, 0.4) is 0 Å². The Balaban J connectivity index is 0.000000180. The number of hydrogen-bond acceptors (Lipinski definition) is 22. The summed E-state index contributed by atoms with van der Waals surface area (Å²) in [6.45, 7) is -7.59. The van der Waals surface area contributed by atoms with Crippen molar-refractivity contribution in [1.82, 2.24) is 40.1 Å². The Morgan fingerprint density at radius 2 is 0.943 bits per heavy atom. The highest BCUT2D eigenvalue weighted by molar-refractivity contribution is 7.90. The third kappa shape index (κ3) is 25.4. The molecule has 1 amide bonds. The number of rotatable bonds is 29. The van der Waals surface area contributed by atoms with Crippen molar-refractivity contribution in [1.29, 1.82) is 0 Å². The summed E-state index contributed by atoms with van der Waals surface area (Å²) < 4.78 is 254. The summed E-state index contributed by atoms with van der Waals surface area (Å²) in [5.74, 6) is 1.93. The van der Waals surface area contributed by atoms with E-state index >= 15 is 0 Å². The first-order valence-electron chi connectivity index (χ1n) is 46.4. The van der Waals surface area contributed by atoms with E-state index in [-0.39, 0.29) is 59.5 Å². The average Bonchev–Trinajstić information content (AvgIpc) is 1.60. The quantitative estimate of drug-likeness (QED) is 0.0272. The molecule has 0 saturated heterocycles. The number of nitrogens with one attached hydrogen (secondary N) is 4. The van der Waals surface area contributed by atoms with Gasteiger partial charge in [0.15, 0.2) is 12.0 Å². The second kappa shape index (κ2) is 41.9. The standard InChI is InChI=1S/C34H34ClFN4O4.C29H26ClFN4O2.C26H17ClFN3O3.C3H9NO2S/c1-5-15-40(33(41)44-34(2,3)4)19-26-11-14-30(43-26)23-9-12-29-27(17-23)32(38-21-37-29)39-25-10-13-31(28(35)18-25)42-20-22-7-6-8-24(36)16-22;1-2-12-32-16-23-8-11-27(37-23)20-6-9-26-24(14-20)29(34-18-33-26)35-22-7-10-28(25(30)15-22)36-17-19-4-3-5-21(31)13-19;27-22-12-19(5-8-25(22)33-14-16-2-1-3-18(28)10-16)31-26-21-11-17(4-7-23(21)29-15-30-26)24-9-6-20(13-32)34-24;1-7(5,6)3-2-4/h6-14,16-18,21H,5,15,19-20H2,1-4H3,(H,37,38,39);3-11,13-15,18,32H,2,12,16-17H2,1H3,(H,33,34,35);1-13,15H,14H2,(H,29,30,31);2-4H2,1H3/i5D2,15D2,19D2;2D2,12D2,16D2;13D;1D3,2D2,3D2. The number of amides is 1. The highest BCUT2D eigenvalue weighted by Gasteiger charge is 2.24. The Bertz CT molecular complexity index is 7260. The highest BCUT2D eigenvalue weighted by atomic mass is 35.5. The molecule has 0 radical (unpaired) electrons. The summed E-state index contributed by atoms with van der Waals surface area (Å²) >= 11 is 19.4. The molecular weight excluding hydrogens is 1640 g/mol. The number of nitrogens with two attached hydrogens (primary N) is 1. The van der Waals surface area contributed by atoms with Gasteiger partial charge in [0.2, 0.25) is 0 Å². The minimum Gasteiger partial charge on any atom is -0.487 e. The maximum absolute atomic E-state index is 13.5. The maximum Gasteiger partial charge on any atom is 0.410 e. The first kappa shape index (κ1) is 65.0. The fourth-order valence-corrected chi connectivity index (χ4v) is 12.2. The maximum atomic E-state index is 13.5. The van der Waals surface area contributed by atoms with Crippen molar-refractivity contribution in [3.63, 3.8) is 0 Å². The van der Waals surface area contributed by atoms with Gasteiger partial charge in [0.05, 0.1) is 55.8 Å². The number of carbonyl (C=O) groups is 2. The molecular formula is C92H86Cl3F3N12O11S. The molecule has 30 heteroatoms. The van der Waals surface area contributed by atoms with Gasteiger partial charge in [0.25, 0.3) is 0 Å². The largest absolute Gasteiger partial charge is 0.487 e. The third-order valence-corrected chi connectivity index (χ3v) is 18.0. The van der Waals surface area contributed by atoms with E-state index in [0.29, 0.717) is 139 Å². The molecule has 0 atom stereocenters. The van der Waals surface area contributed by atoms with E-state index in [9.17, 15) is 31.2 Å². The van der Waals surface area contributed by atoms with E-state index in [1.54, 1.807) is 140 Å². The number of carbonyl (C=O) groups excluding carboxylic acids is 2. The van der Waals surface area contributed by atoms with Crippen LogP contribution in [0.15, 0.2) is 251 Å². The topological polar surface area (TPSA) is 299 Å². The van der Waals surface area contributed by atoms with Gasteiger partial charge in [0, 0.05) is 89.7 Å². The molecule has 6 heterocycles. The molecule has 0 fully saturated rings. The highest BCUT2D eigenvalue weighted by Crippen LogP contribution is 2.38. The molecule has 0 aliphatic carbocycles. The van der Waals surface area contributed by atoms with Crippen molar-refractivity contribution < 1.29 is 90.8 Å². The van der Waals surface area contributed by atoms with Crippen LogP contribution in [0.25, 0.3) is 66.7 Å². The number of anilines is 6. The zero-order valence-corrected chi connectivity index (χ0v) is 68.1. The van der Waals surface area contributed by atoms with E-state index in [1.165, 1.54) is 100 Å². The summed E-state index contributed by atoms with van der Waals surface area (Å²) in [5, 5.41) is 14.7. The number of hydrogen-bond donors (Lipinski definition) is 5. The zero-order valence-electron chi connectivity index (χ0n) is 85.0. The fourth-order valence-electron chi connectivity index (χ4n) is 11.3. The van der Waals surface area contributed by atoms with E-state index in [2.05, 4.69) is 56.9 Å². The van der Waals surface area contributed by atoms with Crippen LogP contribution in [0.2, 0.25) is 15.1 Å². The molecule has 15 rings (SSSR count). The Kier molecular flexibility index (Phi) is 22.3. The first-order chi connectivity index (χ1) is 66.2. The molecule has 15 aromatic rings. The Labute approximate surface area is 745 Å². The van der Waals surface area contributed by atoms with E-state index in [4.69, 9.17) is 94.4 Å². The summed E-state index contributed by atoms with van der Waals surface area (Å²) in [7, 11) is -5.30.